The molecule has 0 spiro atoms. The van der Waals surface area contributed by atoms with Crippen LogP contribution in [0.2, 0.25) is 0 Å². The molecule has 0 radical (unpaired) electrons. The molecule has 0 bridgehead atoms. The van der Waals surface area contributed by atoms with Gasteiger partial charge in [-0.05, 0) is 25.8 Å². The van der Waals surface area contributed by atoms with E-state index in [-0.39, 0.29) is 5.91 Å². The highest BCUT2D eigenvalue weighted by Crippen LogP contribution is 2.24. The number of hydrogen-bond acceptors (Lipinski definition) is 4. The number of amides is 1. The van der Waals surface area contributed by atoms with Crippen LogP contribution in [0, 0.1) is 0 Å². The van der Waals surface area contributed by atoms with E-state index in [0.717, 1.165) is 32.2 Å². The molecule has 1 unspecified atom stereocenters. The minimum absolute atomic E-state index is 0.270. The summed E-state index contributed by atoms with van der Waals surface area (Å²) in [6, 6.07) is 0. The molecule has 1 aliphatic rings. The molecule has 6 nitrogen and oxygen atoms in total. The Kier molecular flexibility index (Phi) is 4.70. The maximum absolute atomic E-state index is 11.8. The van der Waals surface area contributed by atoms with E-state index in [2.05, 4.69) is 15.6 Å². The summed E-state index contributed by atoms with van der Waals surface area (Å²) in [6.07, 6.45) is 3.34. The van der Waals surface area contributed by atoms with Crippen LogP contribution in [0.3, 0.4) is 0 Å². The van der Waals surface area contributed by atoms with Crippen LogP contribution in [0.4, 0.5) is 0 Å². The highest BCUT2D eigenvalue weighted by atomic mass is 16.7. The highest BCUT2D eigenvalue weighted by molar-refractivity contribution is 5.86. The summed E-state index contributed by atoms with van der Waals surface area (Å²) in [6.45, 7) is 2.30. The number of carboxylic acid groups (broad SMARTS) is 1. The van der Waals surface area contributed by atoms with Crippen molar-refractivity contribution in [2.24, 2.45) is 0 Å². The number of carboxylic acids is 1. The lowest BCUT2D eigenvalue weighted by Crippen LogP contribution is -2.53. The fourth-order valence-corrected chi connectivity index (χ4v) is 2.01. The first-order valence-corrected chi connectivity index (χ1v) is 5.50. The number of hydroxylamine groups is 1. The molecule has 3 N–H and O–H groups in total. The Hall–Kier alpha value is -1.14. The third kappa shape index (κ3) is 3.18. The van der Waals surface area contributed by atoms with Gasteiger partial charge in [0.1, 0.15) is 5.54 Å². The highest BCUT2D eigenvalue weighted by Gasteiger charge is 2.40. The molecule has 1 heterocycles. The molecule has 92 valence electrons. The maximum atomic E-state index is 11.8. The van der Waals surface area contributed by atoms with Gasteiger partial charge >= 0.3 is 5.97 Å². The normalized spacial score (nSPS) is 24.3. The number of nitrogens with one attached hydrogen (secondary N) is 2. The van der Waals surface area contributed by atoms with Gasteiger partial charge in [-0.2, -0.15) is 0 Å². The summed E-state index contributed by atoms with van der Waals surface area (Å²) in [4.78, 5) is 26.7. The van der Waals surface area contributed by atoms with E-state index >= 15 is 0 Å². The lowest BCUT2D eigenvalue weighted by Gasteiger charge is -2.27. The third-order valence-electron chi connectivity index (χ3n) is 2.72. The number of aliphatic carboxylic acids is 1. The van der Waals surface area contributed by atoms with Crippen LogP contribution in [0.1, 0.15) is 32.6 Å². The van der Waals surface area contributed by atoms with Crippen molar-refractivity contribution in [3.05, 3.63) is 0 Å². The Morgan fingerprint density at radius 3 is 2.81 bits per heavy atom. The summed E-state index contributed by atoms with van der Waals surface area (Å²) < 4.78 is 0. The van der Waals surface area contributed by atoms with Gasteiger partial charge in [-0.15, -0.1) is 0 Å². The predicted octanol–water partition coefficient (Wildman–Crippen LogP) is 0.0411. The molecule has 0 aromatic rings. The first kappa shape index (κ1) is 12.9. The van der Waals surface area contributed by atoms with Crippen molar-refractivity contribution in [2.45, 2.75) is 38.1 Å². The zero-order chi connectivity index (χ0) is 12.0. The second-order valence-corrected chi connectivity index (χ2v) is 3.98. The minimum Gasteiger partial charge on any atom is -0.479 e. The SMILES string of the molecule is CCCC1(C(=O)NOCC(=O)O)CCCN1. The standard InChI is InChI=1S/C10H18N2O4/c1-2-4-10(5-3-6-11-10)9(15)12-16-7-8(13)14/h11H,2-7H2,1H3,(H,12,15)(H,13,14). The summed E-state index contributed by atoms with van der Waals surface area (Å²) in [5.74, 6) is -1.38. The van der Waals surface area contributed by atoms with Gasteiger partial charge < -0.3 is 10.4 Å². The number of carbonyl (C=O) groups is 2. The van der Waals surface area contributed by atoms with Crippen molar-refractivity contribution in [3.63, 3.8) is 0 Å². The van der Waals surface area contributed by atoms with Gasteiger partial charge in [0, 0.05) is 0 Å². The van der Waals surface area contributed by atoms with Crippen LogP contribution in [0.5, 0.6) is 0 Å². The lowest BCUT2D eigenvalue weighted by atomic mass is 9.91. The Bertz CT molecular complexity index is 262. The average molecular weight is 230 g/mol. The molecule has 0 saturated carbocycles. The molecule has 1 atom stereocenters. The van der Waals surface area contributed by atoms with Crippen LogP contribution < -0.4 is 10.8 Å². The Balaban J connectivity index is 2.45. The molecule has 1 rings (SSSR count). The van der Waals surface area contributed by atoms with E-state index in [4.69, 9.17) is 5.11 Å². The lowest BCUT2D eigenvalue weighted by molar-refractivity contribution is -0.151. The van der Waals surface area contributed by atoms with Crippen molar-refractivity contribution in [3.8, 4) is 0 Å². The zero-order valence-electron chi connectivity index (χ0n) is 9.41. The smallest absolute Gasteiger partial charge is 0.332 e. The minimum atomic E-state index is -1.11. The third-order valence-corrected chi connectivity index (χ3v) is 2.72. The number of hydrogen-bond donors (Lipinski definition) is 3. The summed E-state index contributed by atoms with van der Waals surface area (Å²) >= 11 is 0. The van der Waals surface area contributed by atoms with Gasteiger partial charge in [-0.25, -0.2) is 10.3 Å². The molecule has 1 fully saturated rings. The van der Waals surface area contributed by atoms with Crippen LogP contribution in [-0.2, 0) is 14.4 Å². The van der Waals surface area contributed by atoms with E-state index in [0.29, 0.717) is 0 Å². The maximum Gasteiger partial charge on any atom is 0.332 e. The molecule has 16 heavy (non-hydrogen) atoms. The van der Waals surface area contributed by atoms with Crippen molar-refractivity contribution < 1.29 is 19.5 Å². The molecule has 6 heteroatoms. The number of carbonyl (C=O) groups excluding carboxylic acids is 1. The molecule has 1 aliphatic heterocycles. The Labute approximate surface area is 94.3 Å². The molecule has 0 aromatic carbocycles. The first-order valence-electron chi connectivity index (χ1n) is 5.50. The average Bonchev–Trinajstić information content (AvgIpc) is 2.67. The molecule has 0 aliphatic carbocycles. The van der Waals surface area contributed by atoms with Crippen molar-refractivity contribution >= 4 is 11.9 Å². The topological polar surface area (TPSA) is 87.7 Å². The first-order chi connectivity index (χ1) is 7.60. The summed E-state index contributed by atoms with van der Waals surface area (Å²) in [7, 11) is 0. The van der Waals surface area contributed by atoms with Gasteiger partial charge in [0.15, 0.2) is 6.61 Å². The number of rotatable bonds is 6. The van der Waals surface area contributed by atoms with Crippen LogP contribution in [-0.4, -0.2) is 35.7 Å². The molecular formula is C10H18N2O4. The van der Waals surface area contributed by atoms with Crippen LogP contribution in [0.15, 0.2) is 0 Å². The van der Waals surface area contributed by atoms with Gasteiger partial charge in [0.2, 0.25) is 0 Å². The Morgan fingerprint density at radius 2 is 2.31 bits per heavy atom. The second kappa shape index (κ2) is 5.81. The van der Waals surface area contributed by atoms with E-state index in [1.165, 1.54) is 0 Å². The largest absolute Gasteiger partial charge is 0.479 e. The quantitative estimate of drug-likeness (QED) is 0.561. The van der Waals surface area contributed by atoms with Crippen molar-refractivity contribution in [2.75, 3.05) is 13.2 Å². The van der Waals surface area contributed by atoms with E-state index in [1.54, 1.807) is 0 Å². The molecular weight excluding hydrogens is 212 g/mol. The fraction of sp³-hybridized carbons (Fsp3) is 0.800. The van der Waals surface area contributed by atoms with Crippen LogP contribution in [0.25, 0.3) is 0 Å². The van der Waals surface area contributed by atoms with Gasteiger partial charge in [0.25, 0.3) is 5.91 Å². The van der Waals surface area contributed by atoms with E-state index < -0.39 is 18.1 Å². The Morgan fingerprint density at radius 1 is 1.56 bits per heavy atom. The summed E-state index contributed by atoms with van der Waals surface area (Å²) in [5.41, 5.74) is 1.62. The van der Waals surface area contributed by atoms with E-state index in [9.17, 15) is 9.59 Å². The fourth-order valence-electron chi connectivity index (χ4n) is 2.01. The van der Waals surface area contributed by atoms with Gasteiger partial charge in [-0.1, -0.05) is 13.3 Å². The molecule has 1 amide bonds. The second-order valence-electron chi connectivity index (χ2n) is 3.98. The van der Waals surface area contributed by atoms with Crippen molar-refractivity contribution in [1.29, 1.82) is 0 Å². The zero-order valence-corrected chi connectivity index (χ0v) is 9.41. The van der Waals surface area contributed by atoms with Gasteiger partial charge in [0.05, 0.1) is 0 Å². The van der Waals surface area contributed by atoms with E-state index in [1.807, 2.05) is 6.92 Å². The van der Waals surface area contributed by atoms with Crippen LogP contribution >= 0.6 is 0 Å². The van der Waals surface area contributed by atoms with Crippen molar-refractivity contribution in [1.82, 2.24) is 10.8 Å². The summed E-state index contributed by atoms with van der Waals surface area (Å²) in [5, 5.41) is 11.5. The molecule has 1 saturated heterocycles. The van der Waals surface area contributed by atoms with Gasteiger partial charge in [-0.3, -0.25) is 9.63 Å². The molecule has 0 aromatic heterocycles. The predicted molar refractivity (Wildman–Crippen MR) is 56.6 cm³/mol. The monoisotopic (exact) mass is 230 g/mol.